The van der Waals surface area contributed by atoms with E-state index in [2.05, 4.69) is 47.6 Å². The van der Waals surface area contributed by atoms with Crippen LogP contribution in [-0.4, -0.2) is 18.7 Å². The van der Waals surface area contributed by atoms with Crippen LogP contribution in [0.1, 0.15) is 167 Å². The van der Waals surface area contributed by atoms with E-state index in [4.69, 9.17) is 9.47 Å². The van der Waals surface area contributed by atoms with E-state index in [1.54, 1.807) is 5.57 Å². The number of fused-ring (bicyclic) bond motifs is 5. The first-order valence-corrected chi connectivity index (χ1v) is 19.8. The minimum absolute atomic E-state index is 0.00645. The Balaban J connectivity index is 1.10. The predicted molar refractivity (Wildman–Crippen MR) is 192 cm³/mol. The number of hydrogen-bond acceptors (Lipinski definition) is 3. The van der Waals surface area contributed by atoms with Gasteiger partial charge < -0.3 is 9.47 Å². The van der Waals surface area contributed by atoms with Crippen molar-refractivity contribution >= 4 is 5.97 Å². The van der Waals surface area contributed by atoms with E-state index in [-0.39, 0.29) is 17.5 Å². The second-order valence-electron chi connectivity index (χ2n) is 17.1. The van der Waals surface area contributed by atoms with E-state index >= 15 is 0 Å². The van der Waals surface area contributed by atoms with Gasteiger partial charge in [-0.2, -0.15) is 0 Å². The monoisotopic (exact) mass is 633 g/mol. The standard InChI is InChI=1S/C43H68O3/c1-7-8-9-10-11-12-13-29-45-35-20-17-33(18-21-35)41(44)46-36-25-27-42(5)34(30-36)19-22-37-39-24-23-38(32(4)16-14-15-31(2)3)43(39,6)28-26-40(37)42/h17-21,31-32,36-40H,7-16,22-30H2,1-6H3/t32-,36+,37?,38-,39?,40?,42+,43-/m1/s1. The highest BCUT2D eigenvalue weighted by Crippen LogP contribution is 2.67. The minimum Gasteiger partial charge on any atom is -0.494 e. The summed E-state index contributed by atoms with van der Waals surface area (Å²) in [5.74, 6) is 5.77. The molecule has 4 aliphatic carbocycles. The molecule has 5 rings (SSSR count). The van der Waals surface area contributed by atoms with Gasteiger partial charge in [0.05, 0.1) is 12.2 Å². The first-order valence-electron chi connectivity index (χ1n) is 19.8. The van der Waals surface area contributed by atoms with Crippen molar-refractivity contribution < 1.29 is 14.3 Å². The molecule has 3 saturated carbocycles. The molecule has 3 heteroatoms. The van der Waals surface area contributed by atoms with Gasteiger partial charge in [0.2, 0.25) is 0 Å². The van der Waals surface area contributed by atoms with Crippen LogP contribution in [0.4, 0.5) is 0 Å². The Morgan fingerprint density at radius 1 is 0.848 bits per heavy atom. The Morgan fingerprint density at radius 2 is 1.59 bits per heavy atom. The second-order valence-corrected chi connectivity index (χ2v) is 17.1. The average Bonchev–Trinajstić information content (AvgIpc) is 3.40. The molecule has 0 amide bonds. The van der Waals surface area contributed by atoms with Gasteiger partial charge in [-0.15, -0.1) is 0 Å². The minimum atomic E-state index is -0.186. The van der Waals surface area contributed by atoms with Gasteiger partial charge in [-0.25, -0.2) is 4.79 Å². The number of hydrogen-bond donors (Lipinski definition) is 0. The van der Waals surface area contributed by atoms with Crippen LogP contribution in [0.5, 0.6) is 5.75 Å². The van der Waals surface area contributed by atoms with E-state index in [0.29, 0.717) is 11.0 Å². The van der Waals surface area contributed by atoms with Gasteiger partial charge in [0.15, 0.2) is 0 Å². The largest absolute Gasteiger partial charge is 0.494 e. The second kappa shape index (κ2) is 16.1. The summed E-state index contributed by atoms with van der Waals surface area (Å²) < 4.78 is 12.1. The molecule has 0 heterocycles. The molecule has 0 bridgehead atoms. The highest BCUT2D eigenvalue weighted by molar-refractivity contribution is 5.89. The van der Waals surface area contributed by atoms with Gasteiger partial charge >= 0.3 is 5.97 Å². The van der Waals surface area contributed by atoms with Crippen LogP contribution >= 0.6 is 0 Å². The van der Waals surface area contributed by atoms with Gasteiger partial charge in [0.25, 0.3) is 0 Å². The highest BCUT2D eigenvalue weighted by atomic mass is 16.5. The third-order valence-electron chi connectivity index (χ3n) is 13.6. The maximum absolute atomic E-state index is 13.2. The quantitative estimate of drug-likeness (QED) is 0.103. The van der Waals surface area contributed by atoms with Crippen molar-refractivity contribution in [1.82, 2.24) is 0 Å². The third kappa shape index (κ3) is 8.08. The molecular formula is C43H68O3. The lowest BCUT2D eigenvalue weighted by Gasteiger charge is -2.58. The van der Waals surface area contributed by atoms with Crippen LogP contribution in [-0.2, 0) is 4.74 Å². The molecule has 1 aromatic carbocycles. The molecule has 3 unspecified atom stereocenters. The Kier molecular flexibility index (Phi) is 12.4. The molecule has 0 aliphatic heterocycles. The molecule has 0 aromatic heterocycles. The molecule has 0 spiro atoms. The number of carbonyl (C=O) groups excluding carboxylic acids is 1. The maximum Gasteiger partial charge on any atom is 0.338 e. The first-order chi connectivity index (χ1) is 22.2. The average molecular weight is 633 g/mol. The molecule has 0 N–H and O–H groups in total. The summed E-state index contributed by atoms with van der Waals surface area (Å²) in [5, 5.41) is 0. The number of carbonyl (C=O) groups is 1. The number of rotatable bonds is 16. The summed E-state index contributed by atoms with van der Waals surface area (Å²) in [4.78, 5) is 13.2. The van der Waals surface area contributed by atoms with E-state index in [0.717, 1.165) is 73.5 Å². The fourth-order valence-corrected chi connectivity index (χ4v) is 10.9. The molecule has 46 heavy (non-hydrogen) atoms. The van der Waals surface area contributed by atoms with Gasteiger partial charge in [0, 0.05) is 6.42 Å². The van der Waals surface area contributed by atoms with Gasteiger partial charge in [0.1, 0.15) is 11.9 Å². The van der Waals surface area contributed by atoms with E-state index in [9.17, 15) is 4.79 Å². The van der Waals surface area contributed by atoms with E-state index in [1.807, 2.05) is 24.3 Å². The topological polar surface area (TPSA) is 35.5 Å². The fraction of sp³-hybridized carbons (Fsp3) is 0.791. The van der Waals surface area contributed by atoms with Crippen LogP contribution in [0.25, 0.3) is 0 Å². The normalized spacial score (nSPS) is 32.7. The van der Waals surface area contributed by atoms with Crippen molar-refractivity contribution in [2.45, 2.75) is 163 Å². The van der Waals surface area contributed by atoms with E-state index < -0.39 is 0 Å². The number of allylic oxidation sites excluding steroid dienone is 1. The van der Waals surface area contributed by atoms with Crippen LogP contribution in [0, 0.1) is 46.3 Å². The van der Waals surface area contributed by atoms with Crippen molar-refractivity contribution in [2.24, 2.45) is 46.3 Å². The summed E-state index contributed by atoms with van der Waals surface area (Å²) in [6, 6.07) is 7.60. The molecule has 4 aliphatic rings. The highest BCUT2D eigenvalue weighted by Gasteiger charge is 2.59. The molecule has 8 atom stereocenters. The summed E-state index contributed by atoms with van der Waals surface area (Å²) in [7, 11) is 0. The lowest BCUT2D eigenvalue weighted by molar-refractivity contribution is -0.0594. The summed E-state index contributed by atoms with van der Waals surface area (Å²) in [6.45, 7) is 15.6. The van der Waals surface area contributed by atoms with Crippen molar-refractivity contribution in [3.8, 4) is 5.75 Å². The van der Waals surface area contributed by atoms with Crippen LogP contribution < -0.4 is 4.74 Å². The molecule has 258 valence electrons. The van der Waals surface area contributed by atoms with Crippen LogP contribution in [0.2, 0.25) is 0 Å². The van der Waals surface area contributed by atoms with Crippen molar-refractivity contribution in [3.63, 3.8) is 0 Å². The number of ether oxygens (including phenoxy) is 2. The lowest BCUT2D eigenvalue weighted by atomic mass is 9.47. The smallest absolute Gasteiger partial charge is 0.338 e. The number of esters is 1. The fourth-order valence-electron chi connectivity index (χ4n) is 10.9. The number of benzene rings is 1. The molecular weight excluding hydrogens is 564 g/mol. The maximum atomic E-state index is 13.2. The third-order valence-corrected chi connectivity index (χ3v) is 13.6. The Hall–Kier alpha value is -1.77. The zero-order valence-electron chi connectivity index (χ0n) is 30.6. The van der Waals surface area contributed by atoms with Crippen molar-refractivity contribution in [3.05, 3.63) is 41.5 Å². The zero-order chi connectivity index (χ0) is 32.7. The van der Waals surface area contributed by atoms with Crippen LogP contribution in [0.3, 0.4) is 0 Å². The molecule has 3 nitrogen and oxygen atoms in total. The Morgan fingerprint density at radius 3 is 2.33 bits per heavy atom. The van der Waals surface area contributed by atoms with Gasteiger partial charge in [-0.1, -0.05) is 111 Å². The Bertz CT molecular complexity index is 1140. The van der Waals surface area contributed by atoms with Crippen molar-refractivity contribution in [2.75, 3.05) is 6.61 Å². The van der Waals surface area contributed by atoms with Gasteiger partial charge in [-0.05, 0) is 122 Å². The Labute approximate surface area is 283 Å². The SMILES string of the molecule is CCCCCCCCCOc1ccc(C(=O)O[C@H]2CC[C@@]3(C)C(=CCC4C3CC[C@@]3(C)C4CC[C@@H]3[C@H](C)CCCC(C)C)C2)cc1. The lowest BCUT2D eigenvalue weighted by Crippen LogP contribution is -2.51. The summed E-state index contributed by atoms with van der Waals surface area (Å²) in [6.07, 6.45) is 25.7. The summed E-state index contributed by atoms with van der Waals surface area (Å²) >= 11 is 0. The van der Waals surface area contributed by atoms with Crippen LogP contribution in [0.15, 0.2) is 35.9 Å². The molecule has 0 radical (unpaired) electrons. The molecule has 3 fully saturated rings. The first kappa shape index (κ1) is 35.5. The van der Waals surface area contributed by atoms with Gasteiger partial charge in [-0.3, -0.25) is 0 Å². The molecule has 1 aromatic rings. The number of unbranched alkanes of at least 4 members (excludes halogenated alkanes) is 6. The summed E-state index contributed by atoms with van der Waals surface area (Å²) in [5.41, 5.74) is 3.03. The molecule has 0 saturated heterocycles. The van der Waals surface area contributed by atoms with E-state index in [1.165, 1.54) is 89.9 Å². The zero-order valence-corrected chi connectivity index (χ0v) is 30.6. The predicted octanol–water partition coefficient (Wildman–Crippen LogP) is 12.4. The van der Waals surface area contributed by atoms with Crippen molar-refractivity contribution in [1.29, 1.82) is 0 Å².